The van der Waals surface area contributed by atoms with E-state index in [9.17, 15) is 13.2 Å². The van der Waals surface area contributed by atoms with Crippen molar-refractivity contribution in [2.24, 2.45) is 0 Å². The third-order valence-corrected chi connectivity index (χ3v) is 7.98. The van der Waals surface area contributed by atoms with Gasteiger partial charge in [-0.3, -0.25) is 14.3 Å². The molecule has 1 unspecified atom stereocenters. The molecule has 3 heterocycles. The Hall–Kier alpha value is -3.50. The van der Waals surface area contributed by atoms with E-state index < -0.39 is 37.6 Å². The molecule has 0 saturated heterocycles. The molecule has 190 valence electrons. The van der Waals surface area contributed by atoms with Gasteiger partial charge in [0.05, 0.1) is 5.69 Å². The molecule has 1 aliphatic carbocycles. The Kier molecular flexibility index (Phi) is 6.19. The summed E-state index contributed by atoms with van der Waals surface area (Å²) in [5.41, 5.74) is -0.135. The number of nitrogens with zero attached hydrogens (tertiary/aromatic N) is 4. The van der Waals surface area contributed by atoms with Crippen LogP contribution in [0.3, 0.4) is 0 Å². The molecule has 0 spiro atoms. The zero-order valence-corrected chi connectivity index (χ0v) is 21.6. The third-order valence-electron chi connectivity index (χ3n) is 6.49. The molecule has 3 aromatic heterocycles. The Balaban J connectivity index is 1.63. The molecule has 0 amide bonds. The Morgan fingerprint density at radius 2 is 1.73 bits per heavy atom. The summed E-state index contributed by atoms with van der Waals surface area (Å²) in [6, 6.07) is 7.10. The zero-order chi connectivity index (χ0) is 26.6. The van der Waals surface area contributed by atoms with Gasteiger partial charge in [-0.25, -0.2) is 27.2 Å². The second-order valence-corrected chi connectivity index (χ2v) is 11.5. The smallest absolute Gasteiger partial charge is 0.274 e. The quantitative estimate of drug-likeness (QED) is 0.355. The molecular formula is C26H21ClF2N4O3S. The molecule has 5 rings (SSSR count). The van der Waals surface area contributed by atoms with Crippen LogP contribution < -0.4 is 5.56 Å². The number of aryl methyl sites for hydroxylation is 2. The van der Waals surface area contributed by atoms with Crippen molar-refractivity contribution in [1.29, 1.82) is 0 Å². The van der Waals surface area contributed by atoms with Gasteiger partial charge in [0.25, 0.3) is 5.56 Å². The van der Waals surface area contributed by atoms with E-state index in [1.54, 1.807) is 38.4 Å². The first kappa shape index (κ1) is 25.2. The molecule has 0 radical (unpaired) electrons. The molecule has 1 saturated carbocycles. The van der Waals surface area contributed by atoms with Crippen LogP contribution in [0.15, 0.2) is 58.6 Å². The van der Waals surface area contributed by atoms with E-state index in [-0.39, 0.29) is 28.1 Å². The maximum Gasteiger partial charge on any atom is 0.274 e. The third kappa shape index (κ3) is 4.34. The van der Waals surface area contributed by atoms with E-state index in [0.29, 0.717) is 22.6 Å². The number of hydrogen-bond donors (Lipinski definition) is 0. The molecule has 37 heavy (non-hydrogen) atoms. The Morgan fingerprint density at radius 3 is 2.41 bits per heavy atom. The lowest BCUT2D eigenvalue weighted by molar-refractivity contribution is 0.569. The SMILES string of the molecule is Cc1cnc(-c2cccc(S(C)(=O)=O)c2F)c(F)c1-n1c(C)cc([C@@H]2CC2c2ncccn2)c(Cl)c1=O. The summed E-state index contributed by atoms with van der Waals surface area (Å²) >= 11 is 6.53. The number of benzene rings is 1. The second kappa shape index (κ2) is 9.11. The number of pyridine rings is 2. The van der Waals surface area contributed by atoms with Crippen molar-refractivity contribution < 1.29 is 17.2 Å². The van der Waals surface area contributed by atoms with Gasteiger partial charge in [-0.1, -0.05) is 17.7 Å². The minimum atomic E-state index is -3.90. The van der Waals surface area contributed by atoms with Gasteiger partial charge in [0.2, 0.25) is 0 Å². The standard InChI is InChI=1S/C26H21ClF2N4O3S/c1-13-12-32-23(15-6-4-7-19(21(15)28)37(3,35)36)22(29)24(13)33-14(2)10-17(20(27)26(33)34)16-11-18(16)25-30-8-5-9-31-25/h4-10,12,16,18H,11H2,1-3H3/t16-,18?/m0/s1. The number of hydrogen-bond acceptors (Lipinski definition) is 6. The molecule has 0 aliphatic heterocycles. The molecule has 4 aromatic rings. The predicted molar refractivity (Wildman–Crippen MR) is 135 cm³/mol. The molecule has 0 bridgehead atoms. The summed E-state index contributed by atoms with van der Waals surface area (Å²) in [6.07, 6.45) is 6.21. The van der Waals surface area contributed by atoms with Crippen molar-refractivity contribution >= 4 is 21.4 Å². The van der Waals surface area contributed by atoms with Crippen LogP contribution in [-0.4, -0.2) is 34.2 Å². The second-order valence-electron chi connectivity index (χ2n) is 9.09. The first-order valence-corrected chi connectivity index (χ1v) is 13.6. The lowest BCUT2D eigenvalue weighted by Crippen LogP contribution is -2.24. The lowest BCUT2D eigenvalue weighted by atomic mass is 10.1. The van der Waals surface area contributed by atoms with Crippen LogP contribution in [0.4, 0.5) is 8.78 Å². The van der Waals surface area contributed by atoms with Crippen LogP contribution in [0.5, 0.6) is 0 Å². The monoisotopic (exact) mass is 542 g/mol. The highest BCUT2D eigenvalue weighted by atomic mass is 35.5. The van der Waals surface area contributed by atoms with E-state index in [1.165, 1.54) is 18.3 Å². The Morgan fingerprint density at radius 1 is 1.03 bits per heavy atom. The first-order valence-electron chi connectivity index (χ1n) is 11.3. The fourth-order valence-corrected chi connectivity index (χ4v) is 5.66. The van der Waals surface area contributed by atoms with Gasteiger partial charge in [0.15, 0.2) is 21.5 Å². The lowest BCUT2D eigenvalue weighted by Gasteiger charge is -2.18. The summed E-state index contributed by atoms with van der Waals surface area (Å²) in [6.45, 7) is 3.22. The highest BCUT2D eigenvalue weighted by Gasteiger charge is 2.43. The number of halogens is 3. The summed E-state index contributed by atoms with van der Waals surface area (Å²) in [7, 11) is -3.90. The topological polar surface area (TPSA) is 94.8 Å². The first-order chi connectivity index (χ1) is 17.5. The highest BCUT2D eigenvalue weighted by molar-refractivity contribution is 7.90. The number of aromatic nitrogens is 4. The largest absolute Gasteiger partial charge is 0.277 e. The van der Waals surface area contributed by atoms with Gasteiger partial charge in [0, 0.05) is 42.0 Å². The maximum absolute atomic E-state index is 16.0. The van der Waals surface area contributed by atoms with Crippen LogP contribution in [0.25, 0.3) is 16.9 Å². The number of sulfone groups is 1. The van der Waals surface area contributed by atoms with E-state index in [0.717, 1.165) is 23.3 Å². The Bertz CT molecular complexity index is 1730. The van der Waals surface area contributed by atoms with Crippen molar-refractivity contribution in [1.82, 2.24) is 19.5 Å². The fourth-order valence-electron chi connectivity index (χ4n) is 4.62. The number of rotatable bonds is 5. The molecular weight excluding hydrogens is 522 g/mol. The summed E-state index contributed by atoms with van der Waals surface area (Å²) in [5.74, 6) is -1.43. The predicted octanol–water partition coefficient (Wildman–Crippen LogP) is 4.91. The zero-order valence-electron chi connectivity index (χ0n) is 20.0. The molecule has 0 N–H and O–H groups in total. The Labute approximate surface area is 216 Å². The van der Waals surface area contributed by atoms with Crippen LogP contribution in [0.2, 0.25) is 5.02 Å². The van der Waals surface area contributed by atoms with E-state index in [1.807, 2.05) is 0 Å². The van der Waals surface area contributed by atoms with Crippen LogP contribution in [0.1, 0.15) is 40.9 Å². The van der Waals surface area contributed by atoms with Gasteiger partial charge in [0.1, 0.15) is 21.4 Å². The van der Waals surface area contributed by atoms with Crippen molar-refractivity contribution in [3.8, 4) is 16.9 Å². The maximum atomic E-state index is 16.0. The van der Waals surface area contributed by atoms with Gasteiger partial charge >= 0.3 is 0 Å². The minimum Gasteiger partial charge on any atom is -0.277 e. The molecule has 7 nitrogen and oxygen atoms in total. The summed E-state index contributed by atoms with van der Waals surface area (Å²) in [4.78, 5) is 25.5. The summed E-state index contributed by atoms with van der Waals surface area (Å²) < 4.78 is 56.2. The van der Waals surface area contributed by atoms with Crippen molar-refractivity contribution in [2.45, 2.75) is 37.0 Å². The van der Waals surface area contributed by atoms with Crippen LogP contribution in [0, 0.1) is 25.5 Å². The average Bonchev–Trinajstić information content (AvgIpc) is 3.64. The fraction of sp³-hybridized carbons (Fsp3) is 0.231. The normalized spacial score (nSPS) is 17.1. The van der Waals surface area contributed by atoms with Crippen LogP contribution >= 0.6 is 11.6 Å². The van der Waals surface area contributed by atoms with Gasteiger partial charge in [-0.2, -0.15) is 0 Å². The van der Waals surface area contributed by atoms with Crippen LogP contribution in [-0.2, 0) is 9.84 Å². The van der Waals surface area contributed by atoms with Crippen molar-refractivity contribution in [3.05, 3.63) is 98.6 Å². The molecule has 1 fully saturated rings. The average molecular weight is 543 g/mol. The van der Waals surface area contributed by atoms with E-state index >= 15 is 8.78 Å². The van der Waals surface area contributed by atoms with E-state index in [2.05, 4.69) is 15.0 Å². The highest BCUT2D eigenvalue weighted by Crippen LogP contribution is 2.54. The molecule has 11 heteroatoms. The van der Waals surface area contributed by atoms with Gasteiger partial charge in [-0.15, -0.1) is 0 Å². The minimum absolute atomic E-state index is 0.0319. The van der Waals surface area contributed by atoms with Crippen molar-refractivity contribution in [3.63, 3.8) is 0 Å². The molecule has 1 aromatic carbocycles. The van der Waals surface area contributed by atoms with Gasteiger partial charge in [-0.05, 0) is 61.6 Å². The van der Waals surface area contributed by atoms with Gasteiger partial charge < -0.3 is 0 Å². The molecule has 1 aliphatic rings. The molecule has 2 atom stereocenters. The van der Waals surface area contributed by atoms with E-state index in [4.69, 9.17) is 11.6 Å². The van der Waals surface area contributed by atoms with Crippen molar-refractivity contribution in [2.75, 3.05) is 6.26 Å². The summed E-state index contributed by atoms with van der Waals surface area (Å²) in [5, 5.41) is -0.0450.